The second kappa shape index (κ2) is 10.7. The van der Waals surface area contributed by atoms with Gasteiger partial charge in [-0.15, -0.1) is 0 Å². The molecule has 0 spiro atoms. The average Bonchev–Trinajstić information content (AvgIpc) is 2.62. The monoisotopic (exact) mass is 494 g/mol. The molecule has 1 fully saturated rings. The van der Waals surface area contributed by atoms with Crippen molar-refractivity contribution in [3.63, 3.8) is 0 Å². The van der Waals surface area contributed by atoms with Gasteiger partial charge < -0.3 is 28.4 Å². The lowest BCUT2D eigenvalue weighted by molar-refractivity contribution is -0.316. The molecule has 0 aromatic rings. The van der Waals surface area contributed by atoms with Gasteiger partial charge in [0.15, 0.2) is 12.2 Å². The van der Waals surface area contributed by atoms with Crippen LogP contribution in [0.3, 0.4) is 0 Å². The molecule has 0 aliphatic carbocycles. The van der Waals surface area contributed by atoms with Crippen LogP contribution >= 0.6 is 0 Å². The van der Waals surface area contributed by atoms with Gasteiger partial charge >= 0.3 is 41.9 Å². The summed E-state index contributed by atoms with van der Waals surface area (Å²) < 4.78 is 93.1. The molecule has 0 radical (unpaired) electrons. The summed E-state index contributed by atoms with van der Waals surface area (Å²) in [5, 5.41) is 0. The molecule has 0 aromatic heterocycles. The molecule has 188 valence electrons. The molecule has 1 heterocycles. The molecule has 33 heavy (non-hydrogen) atoms. The SMILES string of the molecule is CC(=O)OC[C@H]1O[C@@H](OC(C)=O)[C@@H](OC(=O)C(F)(F)C(F)(F)F)[C@@H](OC(C)=O)[C@@H]1OC(C)=O. The average molecular weight is 494 g/mol. The summed E-state index contributed by atoms with van der Waals surface area (Å²) >= 11 is 0. The van der Waals surface area contributed by atoms with Crippen molar-refractivity contribution in [3.8, 4) is 0 Å². The van der Waals surface area contributed by atoms with Crippen LogP contribution < -0.4 is 0 Å². The largest absolute Gasteiger partial charge is 0.465 e. The summed E-state index contributed by atoms with van der Waals surface area (Å²) in [4.78, 5) is 57.3. The van der Waals surface area contributed by atoms with Gasteiger partial charge in [0.05, 0.1) is 0 Å². The third-order valence-electron chi connectivity index (χ3n) is 3.78. The van der Waals surface area contributed by atoms with Crippen LogP contribution in [0.4, 0.5) is 22.0 Å². The molecule has 5 atom stereocenters. The maximum atomic E-state index is 13.5. The molecule has 11 nitrogen and oxygen atoms in total. The van der Waals surface area contributed by atoms with Crippen LogP contribution in [-0.4, -0.2) is 79.3 Å². The zero-order valence-corrected chi connectivity index (χ0v) is 17.5. The number of hydrogen-bond donors (Lipinski definition) is 0. The number of carbonyl (C=O) groups is 5. The molecule has 0 unspecified atom stereocenters. The standard InChI is InChI=1S/C17H19F5O11/c1-6(23)28-5-10-11(29-7(2)24)12(30-8(3)25)13(14(32-10)31-9(4)26)33-15(27)16(18,19)17(20,21)22/h10-14H,5H2,1-4H3/t10-,11-,12+,13+,14-/m1/s1. The summed E-state index contributed by atoms with van der Waals surface area (Å²) in [6.45, 7) is 2.66. The van der Waals surface area contributed by atoms with Gasteiger partial charge in [0.2, 0.25) is 12.4 Å². The molecule has 0 N–H and O–H groups in total. The maximum absolute atomic E-state index is 13.5. The lowest BCUT2D eigenvalue weighted by Crippen LogP contribution is -2.64. The molecule has 1 aliphatic rings. The normalized spacial score (nSPS) is 25.4. The van der Waals surface area contributed by atoms with Crippen LogP contribution in [-0.2, 0) is 52.4 Å². The van der Waals surface area contributed by atoms with E-state index in [1.54, 1.807) is 0 Å². The van der Waals surface area contributed by atoms with Crippen molar-refractivity contribution >= 4 is 29.8 Å². The zero-order chi connectivity index (χ0) is 25.7. The van der Waals surface area contributed by atoms with E-state index in [1.807, 2.05) is 0 Å². The van der Waals surface area contributed by atoms with E-state index in [1.165, 1.54) is 0 Å². The topological polar surface area (TPSA) is 141 Å². The smallest absolute Gasteiger partial charge is 0.463 e. The van der Waals surface area contributed by atoms with E-state index < -0.39 is 79.3 Å². The molecule has 0 bridgehead atoms. The molecule has 0 aromatic carbocycles. The van der Waals surface area contributed by atoms with Gasteiger partial charge in [0, 0.05) is 27.7 Å². The predicted molar refractivity (Wildman–Crippen MR) is 89.1 cm³/mol. The third-order valence-corrected chi connectivity index (χ3v) is 3.78. The molecule has 16 heteroatoms. The summed E-state index contributed by atoms with van der Waals surface area (Å²) in [5.41, 5.74) is 0. The van der Waals surface area contributed by atoms with Gasteiger partial charge in [-0.2, -0.15) is 22.0 Å². The van der Waals surface area contributed by atoms with Crippen LogP contribution in [0.1, 0.15) is 27.7 Å². The van der Waals surface area contributed by atoms with Crippen molar-refractivity contribution in [1.82, 2.24) is 0 Å². The number of esters is 5. The van der Waals surface area contributed by atoms with E-state index in [2.05, 4.69) is 9.47 Å². The van der Waals surface area contributed by atoms with Crippen molar-refractivity contribution in [2.24, 2.45) is 0 Å². The first-order chi connectivity index (χ1) is 15.0. The summed E-state index contributed by atoms with van der Waals surface area (Å²) in [6, 6.07) is 0. The van der Waals surface area contributed by atoms with E-state index in [-0.39, 0.29) is 0 Å². The Hall–Kier alpha value is -3.04. The van der Waals surface area contributed by atoms with Crippen LogP contribution in [0.2, 0.25) is 0 Å². The number of carbonyl (C=O) groups excluding carboxylic acids is 5. The molecule has 1 aliphatic heterocycles. The molecule has 1 rings (SSSR count). The molecular weight excluding hydrogens is 475 g/mol. The highest BCUT2D eigenvalue weighted by atomic mass is 19.4. The Morgan fingerprint density at radius 3 is 1.61 bits per heavy atom. The van der Waals surface area contributed by atoms with Gasteiger partial charge in [-0.3, -0.25) is 19.2 Å². The Bertz CT molecular complexity index is 782. The van der Waals surface area contributed by atoms with Gasteiger partial charge in [0.25, 0.3) is 0 Å². The molecular formula is C17H19F5O11. The van der Waals surface area contributed by atoms with E-state index >= 15 is 0 Å². The Kier molecular flexibility index (Phi) is 9.09. The van der Waals surface area contributed by atoms with Crippen molar-refractivity contribution in [2.75, 3.05) is 6.61 Å². The molecule has 1 saturated heterocycles. The van der Waals surface area contributed by atoms with Crippen LogP contribution in [0.25, 0.3) is 0 Å². The quantitative estimate of drug-likeness (QED) is 0.282. The number of halogens is 5. The predicted octanol–water partition coefficient (Wildman–Crippen LogP) is 0.810. The Labute approximate surface area is 182 Å². The number of rotatable bonds is 7. The zero-order valence-electron chi connectivity index (χ0n) is 17.5. The number of hydrogen-bond acceptors (Lipinski definition) is 11. The van der Waals surface area contributed by atoms with Crippen molar-refractivity contribution in [3.05, 3.63) is 0 Å². The second-order valence-electron chi connectivity index (χ2n) is 6.55. The minimum Gasteiger partial charge on any atom is -0.463 e. The first kappa shape index (κ1) is 28.0. The van der Waals surface area contributed by atoms with E-state index in [4.69, 9.17) is 18.9 Å². The Morgan fingerprint density at radius 1 is 0.697 bits per heavy atom. The van der Waals surface area contributed by atoms with E-state index in [0.29, 0.717) is 0 Å². The summed E-state index contributed by atoms with van der Waals surface area (Å²) in [5.74, 6) is -13.5. The maximum Gasteiger partial charge on any atom is 0.465 e. The fourth-order valence-electron chi connectivity index (χ4n) is 2.57. The Balaban J connectivity index is 3.47. The molecule has 0 amide bonds. The minimum atomic E-state index is -6.36. The van der Waals surface area contributed by atoms with Crippen LogP contribution in [0.5, 0.6) is 0 Å². The fourth-order valence-corrected chi connectivity index (χ4v) is 2.57. The van der Waals surface area contributed by atoms with Gasteiger partial charge in [0.1, 0.15) is 12.7 Å². The van der Waals surface area contributed by atoms with Crippen LogP contribution in [0, 0.1) is 0 Å². The van der Waals surface area contributed by atoms with E-state index in [0.717, 1.165) is 27.7 Å². The van der Waals surface area contributed by atoms with Crippen molar-refractivity contribution in [1.29, 1.82) is 0 Å². The Morgan fingerprint density at radius 2 is 1.18 bits per heavy atom. The van der Waals surface area contributed by atoms with Crippen molar-refractivity contribution < 1.29 is 74.3 Å². The van der Waals surface area contributed by atoms with E-state index in [9.17, 15) is 45.9 Å². The highest BCUT2D eigenvalue weighted by molar-refractivity contribution is 5.79. The second-order valence-corrected chi connectivity index (χ2v) is 6.55. The highest BCUT2D eigenvalue weighted by Crippen LogP contribution is 2.38. The lowest BCUT2D eigenvalue weighted by Gasteiger charge is -2.43. The lowest BCUT2D eigenvalue weighted by atomic mass is 9.98. The van der Waals surface area contributed by atoms with Crippen molar-refractivity contribution in [2.45, 2.75) is 70.5 Å². The van der Waals surface area contributed by atoms with Gasteiger partial charge in [-0.1, -0.05) is 0 Å². The first-order valence-corrected chi connectivity index (χ1v) is 8.93. The summed E-state index contributed by atoms with van der Waals surface area (Å²) in [6.07, 6.45) is -16.6. The fraction of sp³-hybridized carbons (Fsp3) is 0.706. The van der Waals surface area contributed by atoms with Crippen LogP contribution in [0.15, 0.2) is 0 Å². The summed E-state index contributed by atoms with van der Waals surface area (Å²) in [7, 11) is 0. The highest BCUT2D eigenvalue weighted by Gasteiger charge is 2.66. The molecule has 0 saturated carbocycles. The number of ether oxygens (including phenoxy) is 6. The number of alkyl halides is 5. The van der Waals surface area contributed by atoms with Gasteiger partial charge in [-0.05, 0) is 0 Å². The third kappa shape index (κ3) is 7.50. The minimum absolute atomic E-state index is 0.734. The van der Waals surface area contributed by atoms with Gasteiger partial charge in [-0.25, -0.2) is 4.79 Å². The first-order valence-electron chi connectivity index (χ1n) is 8.93.